The smallest absolute Gasteiger partial charge is 0.337 e. The van der Waals surface area contributed by atoms with Crippen molar-refractivity contribution in [1.82, 2.24) is 4.98 Å². The minimum atomic E-state index is -1.14. The van der Waals surface area contributed by atoms with E-state index in [-0.39, 0.29) is 22.9 Å². The molecule has 0 saturated heterocycles. The van der Waals surface area contributed by atoms with Crippen molar-refractivity contribution in [3.05, 3.63) is 57.5 Å². The normalized spacial score (nSPS) is 10.2. The molecular formula is C13H9FN2O5. The number of benzene rings is 1. The maximum absolute atomic E-state index is 13.0. The van der Waals surface area contributed by atoms with Crippen molar-refractivity contribution in [3.63, 3.8) is 0 Å². The largest absolute Gasteiger partial charge is 0.478 e. The van der Waals surface area contributed by atoms with E-state index in [1.807, 2.05) is 0 Å². The Balaban J connectivity index is 2.37. The van der Waals surface area contributed by atoms with Crippen LogP contribution in [0.1, 0.15) is 16.1 Å². The number of aromatic nitrogens is 1. The van der Waals surface area contributed by atoms with Crippen molar-refractivity contribution >= 4 is 11.7 Å². The van der Waals surface area contributed by atoms with Crippen LogP contribution >= 0.6 is 0 Å². The lowest BCUT2D eigenvalue weighted by Crippen LogP contribution is -2.02. The molecule has 0 bridgehead atoms. The lowest BCUT2D eigenvalue weighted by Gasteiger charge is -2.07. The average Bonchev–Trinajstić information content (AvgIpc) is 2.40. The quantitative estimate of drug-likeness (QED) is 0.686. The third kappa shape index (κ3) is 3.11. The molecule has 1 aromatic carbocycles. The molecule has 2 rings (SSSR count). The van der Waals surface area contributed by atoms with E-state index in [4.69, 9.17) is 9.84 Å². The summed E-state index contributed by atoms with van der Waals surface area (Å²) < 4.78 is 18.2. The molecule has 7 nitrogen and oxygen atoms in total. The zero-order chi connectivity index (χ0) is 15.6. The van der Waals surface area contributed by atoms with Crippen LogP contribution in [0.5, 0.6) is 11.6 Å². The van der Waals surface area contributed by atoms with E-state index in [9.17, 15) is 19.3 Å². The molecule has 2 aromatic rings. The molecule has 0 spiro atoms. The minimum absolute atomic E-state index is 0.00374. The van der Waals surface area contributed by atoms with Gasteiger partial charge >= 0.3 is 11.7 Å². The van der Waals surface area contributed by atoms with Crippen LogP contribution in [0.2, 0.25) is 0 Å². The van der Waals surface area contributed by atoms with Gasteiger partial charge in [0.05, 0.1) is 22.2 Å². The van der Waals surface area contributed by atoms with Gasteiger partial charge in [0.15, 0.2) is 0 Å². The molecule has 0 amide bonds. The van der Waals surface area contributed by atoms with Crippen molar-refractivity contribution in [3.8, 4) is 11.6 Å². The number of hydrogen-bond donors (Lipinski definition) is 1. The van der Waals surface area contributed by atoms with Crippen LogP contribution in [0.15, 0.2) is 30.3 Å². The minimum Gasteiger partial charge on any atom is -0.478 e. The topological polar surface area (TPSA) is 103 Å². The first-order chi connectivity index (χ1) is 9.88. The molecule has 0 aliphatic carbocycles. The van der Waals surface area contributed by atoms with Crippen LogP contribution in [0.25, 0.3) is 0 Å². The Hall–Kier alpha value is -3.03. The molecule has 1 N–H and O–H groups in total. The molecule has 0 radical (unpaired) electrons. The number of nitro groups is 1. The first-order valence-corrected chi connectivity index (χ1v) is 5.71. The predicted octanol–water partition coefficient (Wildman–Crippen LogP) is 2.93. The van der Waals surface area contributed by atoms with Crippen molar-refractivity contribution in [2.24, 2.45) is 0 Å². The van der Waals surface area contributed by atoms with E-state index in [0.29, 0.717) is 0 Å². The summed E-state index contributed by atoms with van der Waals surface area (Å²) in [6, 6.07) is 5.39. The van der Waals surface area contributed by atoms with Gasteiger partial charge < -0.3 is 9.84 Å². The van der Waals surface area contributed by atoms with Crippen molar-refractivity contribution in [1.29, 1.82) is 0 Å². The number of aryl methyl sites for hydroxylation is 1. The van der Waals surface area contributed by atoms with Crippen LogP contribution in [-0.2, 0) is 0 Å². The zero-order valence-corrected chi connectivity index (χ0v) is 10.7. The molecular weight excluding hydrogens is 283 g/mol. The fourth-order valence-electron chi connectivity index (χ4n) is 1.65. The van der Waals surface area contributed by atoms with E-state index in [1.54, 1.807) is 0 Å². The molecule has 0 saturated carbocycles. The Bertz CT molecular complexity index is 732. The van der Waals surface area contributed by atoms with Gasteiger partial charge in [-0.05, 0) is 25.1 Å². The predicted molar refractivity (Wildman–Crippen MR) is 69.1 cm³/mol. The summed E-state index contributed by atoms with van der Waals surface area (Å²) in [5, 5.41) is 19.7. The number of carboxylic acid groups (broad SMARTS) is 1. The first kappa shape index (κ1) is 14.4. The molecule has 1 aromatic heterocycles. The van der Waals surface area contributed by atoms with Gasteiger partial charge in [-0.15, -0.1) is 0 Å². The van der Waals surface area contributed by atoms with Crippen molar-refractivity contribution < 1.29 is 24.0 Å². The van der Waals surface area contributed by atoms with Crippen LogP contribution in [0.4, 0.5) is 10.1 Å². The maximum atomic E-state index is 13.0. The third-order valence-corrected chi connectivity index (χ3v) is 2.62. The standard InChI is InChI=1S/C13H9FN2O5/c1-7-9(13(17)18)3-5-12(15-7)21-11-4-2-8(14)6-10(11)16(19)20/h2-6H,1H3,(H,17,18). The number of halogens is 1. The Morgan fingerprint density at radius 2 is 2.10 bits per heavy atom. The summed E-state index contributed by atoms with van der Waals surface area (Å²) >= 11 is 0. The molecule has 0 unspecified atom stereocenters. The van der Waals surface area contributed by atoms with Gasteiger partial charge in [0.1, 0.15) is 5.82 Å². The highest BCUT2D eigenvalue weighted by Crippen LogP contribution is 2.31. The number of nitrogens with zero attached hydrogens (tertiary/aromatic N) is 2. The Labute approximate surface area is 117 Å². The number of carbonyl (C=O) groups is 1. The first-order valence-electron chi connectivity index (χ1n) is 5.71. The second-order valence-corrected chi connectivity index (χ2v) is 4.06. The third-order valence-electron chi connectivity index (χ3n) is 2.62. The Morgan fingerprint density at radius 1 is 1.38 bits per heavy atom. The van der Waals surface area contributed by atoms with E-state index in [1.165, 1.54) is 19.1 Å². The number of pyridine rings is 1. The number of nitro benzene ring substituents is 1. The number of hydrogen-bond acceptors (Lipinski definition) is 5. The Kier molecular flexibility index (Phi) is 3.79. The van der Waals surface area contributed by atoms with E-state index in [2.05, 4.69) is 4.98 Å². The summed E-state index contributed by atoms with van der Waals surface area (Å²) in [6.07, 6.45) is 0. The zero-order valence-electron chi connectivity index (χ0n) is 10.7. The summed E-state index contributed by atoms with van der Waals surface area (Å²) in [4.78, 5) is 24.8. The van der Waals surface area contributed by atoms with Gasteiger partial charge in [-0.25, -0.2) is 14.2 Å². The van der Waals surface area contributed by atoms with Gasteiger partial charge in [0, 0.05) is 6.07 Å². The van der Waals surface area contributed by atoms with Crippen LogP contribution in [0.3, 0.4) is 0 Å². The monoisotopic (exact) mass is 292 g/mol. The highest BCUT2D eigenvalue weighted by molar-refractivity contribution is 5.88. The molecule has 8 heteroatoms. The molecule has 0 aliphatic rings. The summed E-state index contributed by atoms with van der Waals surface area (Å²) in [6.45, 7) is 1.47. The molecule has 0 fully saturated rings. The van der Waals surface area contributed by atoms with Crippen molar-refractivity contribution in [2.75, 3.05) is 0 Å². The van der Waals surface area contributed by atoms with Gasteiger partial charge in [0.25, 0.3) is 0 Å². The van der Waals surface area contributed by atoms with Crippen molar-refractivity contribution in [2.45, 2.75) is 6.92 Å². The molecule has 1 heterocycles. The van der Waals surface area contributed by atoms with Crippen LogP contribution in [-0.4, -0.2) is 21.0 Å². The van der Waals surface area contributed by atoms with Gasteiger partial charge in [0.2, 0.25) is 11.6 Å². The average molecular weight is 292 g/mol. The highest BCUT2D eigenvalue weighted by Gasteiger charge is 2.18. The summed E-state index contributed by atoms with van der Waals surface area (Å²) in [5.41, 5.74) is -0.350. The lowest BCUT2D eigenvalue weighted by molar-refractivity contribution is -0.385. The maximum Gasteiger partial charge on any atom is 0.337 e. The fourth-order valence-corrected chi connectivity index (χ4v) is 1.65. The number of rotatable bonds is 4. The van der Waals surface area contributed by atoms with Gasteiger partial charge in [-0.2, -0.15) is 0 Å². The van der Waals surface area contributed by atoms with E-state index in [0.717, 1.165) is 18.2 Å². The SMILES string of the molecule is Cc1nc(Oc2ccc(F)cc2[N+](=O)[O-])ccc1C(=O)O. The summed E-state index contributed by atoms with van der Waals surface area (Å²) in [7, 11) is 0. The molecule has 0 atom stereocenters. The van der Waals surface area contributed by atoms with E-state index >= 15 is 0 Å². The fraction of sp³-hybridized carbons (Fsp3) is 0.0769. The van der Waals surface area contributed by atoms with Crippen LogP contribution in [0, 0.1) is 22.9 Å². The second-order valence-electron chi connectivity index (χ2n) is 4.06. The lowest BCUT2D eigenvalue weighted by atomic mass is 10.2. The van der Waals surface area contributed by atoms with Gasteiger partial charge in [-0.1, -0.05) is 0 Å². The molecule has 21 heavy (non-hydrogen) atoms. The van der Waals surface area contributed by atoms with Gasteiger partial charge in [-0.3, -0.25) is 10.1 Å². The second kappa shape index (κ2) is 5.53. The Morgan fingerprint density at radius 3 is 2.67 bits per heavy atom. The molecule has 108 valence electrons. The molecule has 0 aliphatic heterocycles. The number of ether oxygens (including phenoxy) is 1. The highest BCUT2D eigenvalue weighted by atomic mass is 19.1. The number of carboxylic acids is 1. The van der Waals surface area contributed by atoms with E-state index < -0.39 is 22.4 Å². The van der Waals surface area contributed by atoms with Crippen LogP contribution < -0.4 is 4.74 Å². The number of aromatic carboxylic acids is 1. The summed E-state index contributed by atoms with van der Waals surface area (Å²) in [5.74, 6) is -2.11.